The Bertz CT molecular complexity index is 1040. The molecule has 30 heavy (non-hydrogen) atoms. The number of amides is 1. The van der Waals surface area contributed by atoms with Crippen molar-refractivity contribution in [1.29, 1.82) is 0 Å². The van der Waals surface area contributed by atoms with E-state index >= 15 is 0 Å². The van der Waals surface area contributed by atoms with Crippen molar-refractivity contribution < 1.29 is 19.4 Å². The van der Waals surface area contributed by atoms with Crippen LogP contribution in [0.3, 0.4) is 0 Å². The predicted molar refractivity (Wildman–Crippen MR) is 116 cm³/mol. The molecule has 0 aliphatic heterocycles. The zero-order valence-electron chi connectivity index (χ0n) is 17.4. The largest absolute Gasteiger partial charge is 0.466 e. The van der Waals surface area contributed by atoms with Crippen LogP contribution in [0.4, 0.5) is 0 Å². The zero-order valence-corrected chi connectivity index (χ0v) is 17.4. The molecule has 1 heterocycles. The number of nitrogens with two attached hydrogens (primary N) is 1. The van der Waals surface area contributed by atoms with Crippen LogP contribution >= 0.6 is 0 Å². The number of esters is 1. The Kier molecular flexibility index (Phi) is 6.90. The number of fused-ring (bicyclic) bond motifs is 1. The summed E-state index contributed by atoms with van der Waals surface area (Å²) in [5.74, 6) is -0.758. The second kappa shape index (κ2) is 9.59. The highest BCUT2D eigenvalue weighted by Gasteiger charge is 2.22. The number of carbonyl (C=O) groups excluding carboxylic acids is 2. The van der Waals surface area contributed by atoms with Crippen molar-refractivity contribution in [3.05, 3.63) is 70.9 Å². The number of ether oxygens (including phenoxy) is 1. The molecule has 3 N–H and O–H groups in total. The summed E-state index contributed by atoms with van der Waals surface area (Å²) in [5.41, 5.74) is 10.1. The van der Waals surface area contributed by atoms with E-state index in [0.717, 1.165) is 27.7 Å². The van der Waals surface area contributed by atoms with Gasteiger partial charge in [-0.3, -0.25) is 9.59 Å². The van der Waals surface area contributed by atoms with Crippen LogP contribution in [-0.2, 0) is 27.3 Å². The number of aliphatic hydroxyl groups excluding tert-OH is 1. The summed E-state index contributed by atoms with van der Waals surface area (Å²) >= 11 is 0. The summed E-state index contributed by atoms with van der Waals surface area (Å²) in [7, 11) is 0. The Morgan fingerprint density at radius 1 is 1.13 bits per heavy atom. The van der Waals surface area contributed by atoms with Crippen LogP contribution in [0.5, 0.6) is 0 Å². The topological polar surface area (TPSA) is 94.6 Å². The fourth-order valence-corrected chi connectivity index (χ4v) is 3.92. The first-order valence-electron chi connectivity index (χ1n) is 10.2. The lowest BCUT2D eigenvalue weighted by Crippen LogP contribution is -2.15. The number of carbonyl (C=O) groups is 2. The number of hydrogen-bond acceptors (Lipinski definition) is 4. The lowest BCUT2D eigenvalue weighted by atomic mass is 9.96. The second-order valence-corrected chi connectivity index (χ2v) is 7.38. The standard InChI is InChI=1S/C24H28N2O4/c1-3-30-23(29)13-12-21(27)18-10-7-11-20-24(18)19(14-22(25)28)16(2)26(20)15-17-8-5-4-6-9-17/h4-11,21,27H,3,12-15H2,1-2H3,(H2,25,28). The number of aliphatic hydroxyl groups is 1. The van der Waals surface area contributed by atoms with Crippen molar-refractivity contribution in [2.24, 2.45) is 5.73 Å². The van der Waals surface area contributed by atoms with E-state index in [2.05, 4.69) is 16.7 Å². The SMILES string of the molecule is CCOC(=O)CCC(O)c1cccc2c1c(CC(N)=O)c(C)n2Cc1ccccc1. The summed E-state index contributed by atoms with van der Waals surface area (Å²) in [6.07, 6.45) is -0.389. The van der Waals surface area contributed by atoms with Gasteiger partial charge in [0.1, 0.15) is 0 Å². The summed E-state index contributed by atoms with van der Waals surface area (Å²) in [6, 6.07) is 15.8. The first-order chi connectivity index (χ1) is 14.4. The van der Waals surface area contributed by atoms with Gasteiger partial charge < -0.3 is 20.1 Å². The average molecular weight is 408 g/mol. The van der Waals surface area contributed by atoms with E-state index in [1.54, 1.807) is 6.92 Å². The van der Waals surface area contributed by atoms with Gasteiger partial charge in [0.2, 0.25) is 5.91 Å². The number of aromatic nitrogens is 1. The molecule has 3 aromatic rings. The minimum absolute atomic E-state index is 0.0890. The molecule has 0 aliphatic rings. The Labute approximate surface area is 176 Å². The van der Waals surface area contributed by atoms with Crippen LogP contribution in [0.25, 0.3) is 10.9 Å². The van der Waals surface area contributed by atoms with Crippen LogP contribution < -0.4 is 5.73 Å². The van der Waals surface area contributed by atoms with Gasteiger partial charge in [-0.05, 0) is 43.0 Å². The molecule has 0 aliphatic carbocycles. The maximum absolute atomic E-state index is 11.8. The molecule has 0 bridgehead atoms. The van der Waals surface area contributed by atoms with Gasteiger partial charge in [-0.2, -0.15) is 0 Å². The van der Waals surface area contributed by atoms with E-state index in [0.29, 0.717) is 18.7 Å². The van der Waals surface area contributed by atoms with Crippen LogP contribution in [0.1, 0.15) is 48.3 Å². The van der Waals surface area contributed by atoms with E-state index in [1.807, 2.05) is 43.3 Å². The molecule has 1 unspecified atom stereocenters. The first-order valence-corrected chi connectivity index (χ1v) is 10.2. The predicted octanol–water partition coefficient (Wildman–Crippen LogP) is 3.40. The first kappa shape index (κ1) is 21.6. The van der Waals surface area contributed by atoms with Gasteiger partial charge in [-0.25, -0.2) is 0 Å². The van der Waals surface area contributed by atoms with Gasteiger partial charge in [0.25, 0.3) is 0 Å². The Balaban J connectivity index is 2.05. The van der Waals surface area contributed by atoms with Crippen molar-refractivity contribution in [2.75, 3.05) is 6.61 Å². The lowest BCUT2D eigenvalue weighted by molar-refractivity contribution is -0.143. The van der Waals surface area contributed by atoms with Gasteiger partial charge in [-0.15, -0.1) is 0 Å². The van der Waals surface area contributed by atoms with Crippen molar-refractivity contribution in [1.82, 2.24) is 4.57 Å². The normalized spacial score (nSPS) is 12.1. The van der Waals surface area contributed by atoms with Crippen molar-refractivity contribution in [2.45, 2.75) is 45.8 Å². The van der Waals surface area contributed by atoms with Gasteiger partial charge in [-0.1, -0.05) is 42.5 Å². The molecule has 158 valence electrons. The van der Waals surface area contributed by atoms with Crippen molar-refractivity contribution in [3.63, 3.8) is 0 Å². The van der Waals surface area contributed by atoms with Gasteiger partial charge in [0, 0.05) is 29.6 Å². The fraction of sp³-hybridized carbons (Fsp3) is 0.333. The van der Waals surface area contributed by atoms with Gasteiger partial charge >= 0.3 is 5.97 Å². The maximum atomic E-state index is 11.8. The molecule has 0 spiro atoms. The van der Waals surface area contributed by atoms with E-state index in [1.165, 1.54) is 0 Å². The summed E-state index contributed by atoms with van der Waals surface area (Å²) in [4.78, 5) is 23.5. The van der Waals surface area contributed by atoms with Crippen LogP contribution in [0.2, 0.25) is 0 Å². The average Bonchev–Trinajstić information content (AvgIpc) is 2.98. The zero-order chi connectivity index (χ0) is 21.7. The van der Waals surface area contributed by atoms with Gasteiger partial charge in [0.05, 0.1) is 19.1 Å². The molecule has 6 heteroatoms. The monoisotopic (exact) mass is 408 g/mol. The Morgan fingerprint density at radius 2 is 1.87 bits per heavy atom. The molecule has 2 aromatic carbocycles. The second-order valence-electron chi connectivity index (χ2n) is 7.38. The highest BCUT2D eigenvalue weighted by molar-refractivity contribution is 5.93. The third-order valence-corrected chi connectivity index (χ3v) is 5.33. The van der Waals surface area contributed by atoms with Crippen molar-refractivity contribution in [3.8, 4) is 0 Å². The highest BCUT2D eigenvalue weighted by atomic mass is 16.5. The molecule has 1 amide bonds. The quantitative estimate of drug-likeness (QED) is 0.531. The minimum atomic E-state index is -0.850. The third-order valence-electron chi connectivity index (χ3n) is 5.33. The smallest absolute Gasteiger partial charge is 0.305 e. The van der Waals surface area contributed by atoms with Crippen LogP contribution in [0.15, 0.2) is 48.5 Å². The number of rotatable bonds is 9. The Morgan fingerprint density at radius 3 is 2.53 bits per heavy atom. The number of benzene rings is 2. The molecule has 1 aromatic heterocycles. The molecular formula is C24H28N2O4. The Hall–Kier alpha value is -3.12. The van der Waals surface area contributed by atoms with E-state index in [-0.39, 0.29) is 25.2 Å². The molecule has 0 saturated heterocycles. The molecular weight excluding hydrogens is 380 g/mol. The number of primary amides is 1. The summed E-state index contributed by atoms with van der Waals surface area (Å²) in [6.45, 7) is 4.68. The van der Waals surface area contributed by atoms with E-state index < -0.39 is 12.0 Å². The highest BCUT2D eigenvalue weighted by Crippen LogP contribution is 2.34. The molecule has 0 radical (unpaired) electrons. The van der Waals surface area contributed by atoms with Gasteiger partial charge in [0.15, 0.2) is 0 Å². The number of hydrogen-bond donors (Lipinski definition) is 2. The van der Waals surface area contributed by atoms with Crippen LogP contribution in [-0.4, -0.2) is 28.2 Å². The van der Waals surface area contributed by atoms with Crippen LogP contribution in [0, 0.1) is 6.92 Å². The maximum Gasteiger partial charge on any atom is 0.305 e. The molecule has 1 atom stereocenters. The third kappa shape index (κ3) is 4.71. The molecule has 6 nitrogen and oxygen atoms in total. The summed E-state index contributed by atoms with van der Waals surface area (Å²) < 4.78 is 7.11. The fourth-order valence-electron chi connectivity index (χ4n) is 3.92. The molecule has 0 fully saturated rings. The number of nitrogens with zero attached hydrogens (tertiary/aromatic N) is 1. The van der Waals surface area contributed by atoms with E-state index in [4.69, 9.17) is 10.5 Å². The lowest BCUT2D eigenvalue weighted by Gasteiger charge is -2.14. The minimum Gasteiger partial charge on any atom is -0.466 e. The molecule has 3 rings (SSSR count). The molecule has 0 saturated carbocycles. The van der Waals surface area contributed by atoms with Crippen molar-refractivity contribution >= 4 is 22.8 Å². The summed E-state index contributed by atoms with van der Waals surface area (Å²) in [5, 5.41) is 11.7. The van der Waals surface area contributed by atoms with E-state index in [9.17, 15) is 14.7 Å².